The molecule has 0 aromatic carbocycles. The number of hydrogen-bond donors (Lipinski definition) is 1. The first-order valence-corrected chi connectivity index (χ1v) is 6.95. The fraction of sp³-hybridized carbons (Fsp3) is 1.00. The fourth-order valence-corrected chi connectivity index (χ4v) is 2.35. The Balaban J connectivity index is 4.53. The topological polar surface area (TPSA) is 47.7 Å². The first-order chi connectivity index (χ1) is 8.52. The first kappa shape index (κ1) is 17.8. The number of rotatable bonds is 11. The van der Waals surface area contributed by atoms with Gasteiger partial charge < -0.3 is 15.2 Å². The summed E-state index contributed by atoms with van der Waals surface area (Å²) in [6.07, 6.45) is 2.33. The minimum Gasteiger partial charge on any atom is -0.383 e. The van der Waals surface area contributed by atoms with Crippen LogP contribution in [0.3, 0.4) is 0 Å². The van der Waals surface area contributed by atoms with E-state index >= 15 is 0 Å². The monoisotopic (exact) mass is 260 g/mol. The highest BCUT2D eigenvalue weighted by atomic mass is 16.5. The molecule has 110 valence electrons. The highest BCUT2D eigenvalue weighted by Crippen LogP contribution is 2.24. The molecule has 0 aliphatic carbocycles. The van der Waals surface area contributed by atoms with Crippen molar-refractivity contribution in [3.63, 3.8) is 0 Å². The van der Waals surface area contributed by atoms with E-state index in [0.29, 0.717) is 6.04 Å². The molecule has 0 aliphatic rings. The Morgan fingerprint density at radius 2 is 1.94 bits per heavy atom. The van der Waals surface area contributed by atoms with Crippen LogP contribution in [-0.4, -0.2) is 58.0 Å². The average molecular weight is 260 g/mol. The highest BCUT2D eigenvalue weighted by Gasteiger charge is 2.27. The lowest BCUT2D eigenvalue weighted by atomic mass is 9.84. The van der Waals surface area contributed by atoms with Crippen molar-refractivity contribution in [1.29, 1.82) is 0 Å². The van der Waals surface area contributed by atoms with E-state index in [4.69, 9.17) is 15.2 Å². The summed E-state index contributed by atoms with van der Waals surface area (Å²) in [7, 11) is 3.49. The predicted octanol–water partition coefficient (Wildman–Crippen LogP) is 1.73. The van der Waals surface area contributed by atoms with Crippen LogP contribution in [-0.2, 0) is 9.47 Å². The third-order valence-corrected chi connectivity index (χ3v) is 3.55. The van der Waals surface area contributed by atoms with Crippen LogP contribution in [0.5, 0.6) is 0 Å². The van der Waals surface area contributed by atoms with Crippen LogP contribution < -0.4 is 5.73 Å². The van der Waals surface area contributed by atoms with E-state index in [0.717, 1.165) is 39.3 Å². The van der Waals surface area contributed by atoms with Gasteiger partial charge in [-0.3, -0.25) is 4.90 Å². The molecule has 0 aromatic heterocycles. The van der Waals surface area contributed by atoms with E-state index in [2.05, 4.69) is 25.7 Å². The van der Waals surface area contributed by atoms with Crippen LogP contribution in [0, 0.1) is 5.41 Å². The van der Waals surface area contributed by atoms with Gasteiger partial charge in [0, 0.05) is 33.4 Å². The normalized spacial score (nSPS) is 16.8. The third-order valence-electron chi connectivity index (χ3n) is 3.55. The molecule has 0 aromatic rings. The number of nitrogens with two attached hydrogens (primary N) is 1. The molecule has 4 heteroatoms. The molecule has 0 amide bonds. The second kappa shape index (κ2) is 9.73. The Kier molecular flexibility index (Phi) is 9.64. The second-order valence-electron chi connectivity index (χ2n) is 5.53. The Bertz CT molecular complexity index is 202. The van der Waals surface area contributed by atoms with Crippen molar-refractivity contribution in [3.8, 4) is 0 Å². The van der Waals surface area contributed by atoms with E-state index in [1.807, 2.05) is 0 Å². The summed E-state index contributed by atoms with van der Waals surface area (Å²) >= 11 is 0. The number of hydrogen-bond acceptors (Lipinski definition) is 4. The molecular weight excluding hydrogens is 228 g/mol. The zero-order chi connectivity index (χ0) is 14.0. The molecular formula is C14H32N2O2. The van der Waals surface area contributed by atoms with Crippen molar-refractivity contribution in [2.75, 3.05) is 47.1 Å². The van der Waals surface area contributed by atoms with Crippen LogP contribution in [0.15, 0.2) is 0 Å². The quantitative estimate of drug-likeness (QED) is 0.615. The lowest BCUT2D eigenvalue weighted by Gasteiger charge is -2.37. The highest BCUT2D eigenvalue weighted by molar-refractivity contribution is 4.81. The Morgan fingerprint density at radius 3 is 2.39 bits per heavy atom. The molecule has 0 bridgehead atoms. The van der Waals surface area contributed by atoms with Crippen molar-refractivity contribution in [1.82, 2.24) is 4.90 Å². The standard InChI is InChI=1S/C14H32N2O2/c1-6-7-14(3,11-15)12-16(8-9-17-4)13(2)10-18-5/h13H,6-12,15H2,1-5H3. The zero-order valence-corrected chi connectivity index (χ0v) is 12.9. The van der Waals surface area contributed by atoms with Crippen LogP contribution in [0.25, 0.3) is 0 Å². The van der Waals surface area contributed by atoms with Gasteiger partial charge in [0.15, 0.2) is 0 Å². The number of ether oxygens (including phenoxy) is 2. The summed E-state index contributed by atoms with van der Waals surface area (Å²) in [6, 6.07) is 0.396. The number of nitrogens with zero attached hydrogens (tertiary/aromatic N) is 1. The minimum absolute atomic E-state index is 0.185. The van der Waals surface area contributed by atoms with Crippen LogP contribution in [0.2, 0.25) is 0 Å². The zero-order valence-electron chi connectivity index (χ0n) is 12.9. The van der Waals surface area contributed by atoms with Gasteiger partial charge in [0.1, 0.15) is 0 Å². The maximum absolute atomic E-state index is 5.95. The van der Waals surface area contributed by atoms with E-state index in [-0.39, 0.29) is 5.41 Å². The summed E-state index contributed by atoms with van der Waals surface area (Å²) in [5.41, 5.74) is 6.14. The molecule has 0 aliphatic heterocycles. The molecule has 0 spiro atoms. The van der Waals surface area contributed by atoms with Gasteiger partial charge in [-0.15, -0.1) is 0 Å². The molecule has 2 N–H and O–H groups in total. The van der Waals surface area contributed by atoms with E-state index in [1.54, 1.807) is 14.2 Å². The summed E-state index contributed by atoms with van der Waals surface area (Å²) in [5.74, 6) is 0. The molecule has 0 saturated heterocycles. The van der Waals surface area contributed by atoms with Crippen molar-refractivity contribution in [2.24, 2.45) is 11.1 Å². The Labute approximate surface area is 113 Å². The van der Waals surface area contributed by atoms with Gasteiger partial charge in [0.25, 0.3) is 0 Å². The van der Waals surface area contributed by atoms with Crippen LogP contribution in [0.1, 0.15) is 33.6 Å². The summed E-state index contributed by atoms with van der Waals surface area (Å²) in [6.45, 7) is 10.8. The second-order valence-corrected chi connectivity index (χ2v) is 5.53. The van der Waals surface area contributed by atoms with Gasteiger partial charge in [-0.1, -0.05) is 20.3 Å². The van der Waals surface area contributed by atoms with Crippen molar-refractivity contribution in [2.45, 2.75) is 39.7 Å². The fourth-order valence-electron chi connectivity index (χ4n) is 2.35. The molecule has 0 radical (unpaired) electrons. The lowest BCUT2D eigenvalue weighted by molar-refractivity contribution is 0.0466. The van der Waals surface area contributed by atoms with Crippen LogP contribution in [0.4, 0.5) is 0 Å². The van der Waals surface area contributed by atoms with Gasteiger partial charge in [0.2, 0.25) is 0 Å². The van der Waals surface area contributed by atoms with Gasteiger partial charge in [0.05, 0.1) is 13.2 Å². The largest absolute Gasteiger partial charge is 0.383 e. The first-order valence-electron chi connectivity index (χ1n) is 6.95. The van der Waals surface area contributed by atoms with Crippen molar-refractivity contribution >= 4 is 0 Å². The minimum atomic E-state index is 0.185. The SMILES string of the molecule is CCCC(C)(CN)CN(CCOC)C(C)COC. The summed E-state index contributed by atoms with van der Waals surface area (Å²) in [4.78, 5) is 2.43. The summed E-state index contributed by atoms with van der Waals surface area (Å²) in [5, 5.41) is 0. The third kappa shape index (κ3) is 6.69. The smallest absolute Gasteiger partial charge is 0.0615 e. The van der Waals surface area contributed by atoms with Crippen LogP contribution >= 0.6 is 0 Å². The van der Waals surface area contributed by atoms with E-state index in [1.165, 1.54) is 6.42 Å². The Hall–Kier alpha value is -0.160. The molecule has 0 fully saturated rings. The molecule has 0 rings (SSSR count). The predicted molar refractivity (Wildman–Crippen MR) is 76.9 cm³/mol. The molecule has 0 saturated carbocycles. The van der Waals surface area contributed by atoms with Gasteiger partial charge in [-0.05, 0) is 25.3 Å². The lowest BCUT2D eigenvalue weighted by Crippen LogP contribution is -2.47. The summed E-state index contributed by atoms with van der Waals surface area (Å²) < 4.78 is 10.5. The number of methoxy groups -OCH3 is 2. The van der Waals surface area contributed by atoms with Crippen molar-refractivity contribution in [3.05, 3.63) is 0 Å². The average Bonchev–Trinajstić information content (AvgIpc) is 2.35. The van der Waals surface area contributed by atoms with E-state index in [9.17, 15) is 0 Å². The maximum Gasteiger partial charge on any atom is 0.0615 e. The van der Waals surface area contributed by atoms with E-state index < -0.39 is 0 Å². The molecule has 18 heavy (non-hydrogen) atoms. The van der Waals surface area contributed by atoms with Gasteiger partial charge in [-0.2, -0.15) is 0 Å². The van der Waals surface area contributed by atoms with Gasteiger partial charge >= 0.3 is 0 Å². The Morgan fingerprint density at radius 1 is 1.28 bits per heavy atom. The van der Waals surface area contributed by atoms with Gasteiger partial charge in [-0.25, -0.2) is 0 Å². The molecule has 0 heterocycles. The molecule has 4 nitrogen and oxygen atoms in total. The molecule has 2 atom stereocenters. The van der Waals surface area contributed by atoms with Crippen molar-refractivity contribution < 1.29 is 9.47 Å². The maximum atomic E-state index is 5.95. The molecule has 2 unspecified atom stereocenters.